The Morgan fingerprint density at radius 2 is 1.84 bits per heavy atom. The zero-order chi connectivity index (χ0) is 13.7. The van der Waals surface area contributed by atoms with Gasteiger partial charge in [-0.25, -0.2) is 8.42 Å². The Balaban J connectivity index is 1.93. The Kier molecular flexibility index (Phi) is 4.31. The van der Waals surface area contributed by atoms with E-state index >= 15 is 0 Å². The van der Waals surface area contributed by atoms with Gasteiger partial charge in [-0.2, -0.15) is 0 Å². The lowest BCUT2D eigenvalue weighted by Crippen LogP contribution is -2.41. The van der Waals surface area contributed by atoms with Crippen molar-refractivity contribution in [1.82, 2.24) is 10.3 Å². The molecule has 0 aliphatic carbocycles. The fourth-order valence-corrected chi connectivity index (χ4v) is 2.99. The summed E-state index contributed by atoms with van der Waals surface area (Å²) in [5.74, 6) is -0.648. The maximum absolute atomic E-state index is 11.8. The third-order valence-corrected chi connectivity index (χ3v) is 4.26. The SMILES string of the molecule is O=C(NNS(=O)(=O)Cc1ccccc1)c1cccs1. The van der Waals surface area contributed by atoms with Crippen LogP contribution in [0.5, 0.6) is 0 Å². The summed E-state index contributed by atoms with van der Waals surface area (Å²) < 4.78 is 23.5. The summed E-state index contributed by atoms with van der Waals surface area (Å²) in [5.41, 5.74) is 2.83. The van der Waals surface area contributed by atoms with Crippen molar-refractivity contribution in [3.8, 4) is 0 Å². The molecule has 0 fully saturated rings. The first-order chi connectivity index (χ1) is 9.07. The molecular formula is C12H12N2O3S2. The molecule has 0 spiro atoms. The van der Waals surface area contributed by atoms with Crippen LogP contribution in [0, 0.1) is 0 Å². The second-order valence-corrected chi connectivity index (χ2v) is 6.45. The van der Waals surface area contributed by atoms with Crippen LogP contribution in [0.1, 0.15) is 15.2 Å². The van der Waals surface area contributed by atoms with Crippen molar-refractivity contribution in [3.63, 3.8) is 0 Å². The highest BCUT2D eigenvalue weighted by Crippen LogP contribution is 2.07. The zero-order valence-electron chi connectivity index (χ0n) is 9.87. The minimum absolute atomic E-state index is 0.182. The molecule has 0 unspecified atom stereocenters. The van der Waals surface area contributed by atoms with Crippen LogP contribution in [0.15, 0.2) is 47.8 Å². The van der Waals surface area contributed by atoms with E-state index in [9.17, 15) is 13.2 Å². The number of carbonyl (C=O) groups is 1. The highest BCUT2D eigenvalue weighted by Gasteiger charge is 2.13. The summed E-state index contributed by atoms with van der Waals surface area (Å²) in [6.45, 7) is 0. The molecule has 0 aliphatic heterocycles. The fraction of sp³-hybridized carbons (Fsp3) is 0.0833. The number of hydrazine groups is 1. The van der Waals surface area contributed by atoms with Crippen molar-refractivity contribution in [2.75, 3.05) is 0 Å². The van der Waals surface area contributed by atoms with E-state index in [1.807, 2.05) is 6.07 Å². The van der Waals surface area contributed by atoms with Gasteiger partial charge in [-0.3, -0.25) is 10.2 Å². The predicted octanol–water partition coefficient (Wildman–Crippen LogP) is 1.51. The van der Waals surface area contributed by atoms with Gasteiger partial charge in [0.25, 0.3) is 5.91 Å². The van der Waals surface area contributed by atoms with Crippen LogP contribution in [0.3, 0.4) is 0 Å². The molecule has 0 saturated carbocycles. The standard InChI is InChI=1S/C12H12N2O3S2/c15-12(11-7-4-8-18-11)13-14-19(16,17)9-10-5-2-1-3-6-10/h1-8,14H,9H2,(H,13,15). The van der Waals surface area contributed by atoms with Crippen molar-refractivity contribution in [1.29, 1.82) is 0 Å². The molecule has 0 bridgehead atoms. The fourth-order valence-electron chi connectivity index (χ4n) is 1.42. The number of rotatable bonds is 5. The van der Waals surface area contributed by atoms with E-state index in [1.54, 1.807) is 41.8 Å². The van der Waals surface area contributed by atoms with Crippen LogP contribution in [-0.4, -0.2) is 14.3 Å². The topological polar surface area (TPSA) is 75.3 Å². The molecular weight excluding hydrogens is 284 g/mol. The maximum atomic E-state index is 11.8. The molecule has 7 heteroatoms. The zero-order valence-corrected chi connectivity index (χ0v) is 11.5. The monoisotopic (exact) mass is 296 g/mol. The average Bonchev–Trinajstić information content (AvgIpc) is 2.91. The summed E-state index contributed by atoms with van der Waals surface area (Å²) >= 11 is 1.24. The predicted molar refractivity (Wildman–Crippen MR) is 74.0 cm³/mol. The summed E-state index contributed by atoms with van der Waals surface area (Å²) in [7, 11) is -3.60. The first kappa shape index (κ1) is 13.7. The molecule has 1 amide bonds. The van der Waals surface area contributed by atoms with Gasteiger partial charge in [0.2, 0.25) is 10.0 Å². The average molecular weight is 296 g/mol. The Bertz CT molecular complexity index is 637. The summed E-state index contributed by atoms with van der Waals surface area (Å²) in [6, 6.07) is 12.1. The number of carbonyl (C=O) groups excluding carboxylic acids is 1. The normalized spacial score (nSPS) is 11.2. The van der Waals surface area contributed by atoms with Gasteiger partial charge in [0, 0.05) is 0 Å². The van der Waals surface area contributed by atoms with Gasteiger partial charge < -0.3 is 0 Å². The third-order valence-electron chi connectivity index (χ3n) is 2.26. The number of amides is 1. The van der Waals surface area contributed by atoms with Gasteiger partial charge in [-0.1, -0.05) is 36.4 Å². The molecule has 2 aromatic rings. The molecule has 2 rings (SSSR count). The van der Waals surface area contributed by atoms with Gasteiger partial charge in [-0.05, 0) is 17.0 Å². The minimum Gasteiger partial charge on any atom is -0.273 e. The second kappa shape index (κ2) is 5.96. The van der Waals surface area contributed by atoms with E-state index in [4.69, 9.17) is 0 Å². The Morgan fingerprint density at radius 1 is 1.11 bits per heavy atom. The number of benzene rings is 1. The van der Waals surface area contributed by atoms with Crippen LogP contribution in [-0.2, 0) is 15.8 Å². The Labute approximate surface area is 115 Å². The van der Waals surface area contributed by atoms with Crippen molar-refractivity contribution in [3.05, 3.63) is 58.3 Å². The molecule has 0 aliphatic rings. The molecule has 1 aromatic carbocycles. The number of nitrogens with one attached hydrogen (secondary N) is 2. The molecule has 1 heterocycles. The number of thiophene rings is 1. The van der Waals surface area contributed by atoms with Crippen LogP contribution < -0.4 is 10.3 Å². The second-order valence-electron chi connectivity index (χ2n) is 3.78. The van der Waals surface area contributed by atoms with Crippen LogP contribution in [0.4, 0.5) is 0 Å². The van der Waals surface area contributed by atoms with E-state index in [-0.39, 0.29) is 5.75 Å². The van der Waals surface area contributed by atoms with Crippen molar-refractivity contribution in [2.45, 2.75) is 5.75 Å². The molecule has 100 valence electrons. The minimum atomic E-state index is -3.60. The van der Waals surface area contributed by atoms with Gasteiger partial charge >= 0.3 is 0 Å². The van der Waals surface area contributed by atoms with E-state index in [2.05, 4.69) is 10.3 Å². The lowest BCUT2D eigenvalue weighted by molar-refractivity contribution is 0.0949. The number of hydrogen-bond acceptors (Lipinski definition) is 4. The molecule has 0 radical (unpaired) electrons. The van der Waals surface area contributed by atoms with Gasteiger partial charge in [0.15, 0.2) is 0 Å². The maximum Gasteiger partial charge on any atom is 0.276 e. The molecule has 19 heavy (non-hydrogen) atoms. The molecule has 0 saturated heterocycles. The quantitative estimate of drug-likeness (QED) is 0.821. The molecule has 5 nitrogen and oxygen atoms in total. The first-order valence-electron chi connectivity index (χ1n) is 5.44. The van der Waals surface area contributed by atoms with Crippen molar-refractivity contribution < 1.29 is 13.2 Å². The van der Waals surface area contributed by atoms with Gasteiger partial charge in [0.1, 0.15) is 0 Å². The molecule has 1 aromatic heterocycles. The Morgan fingerprint density at radius 3 is 2.47 bits per heavy atom. The van der Waals surface area contributed by atoms with Crippen molar-refractivity contribution in [2.24, 2.45) is 0 Å². The Hall–Kier alpha value is -1.70. The van der Waals surface area contributed by atoms with Gasteiger partial charge in [-0.15, -0.1) is 16.2 Å². The number of sulfonamides is 1. The molecule has 2 N–H and O–H groups in total. The highest BCUT2D eigenvalue weighted by molar-refractivity contribution is 7.88. The van der Waals surface area contributed by atoms with E-state index in [1.165, 1.54) is 11.3 Å². The summed E-state index contributed by atoms with van der Waals surface area (Å²) in [4.78, 5) is 14.1. The highest BCUT2D eigenvalue weighted by atomic mass is 32.2. The van der Waals surface area contributed by atoms with Crippen LogP contribution >= 0.6 is 11.3 Å². The first-order valence-corrected chi connectivity index (χ1v) is 7.97. The smallest absolute Gasteiger partial charge is 0.273 e. The third kappa shape index (κ3) is 4.16. The van der Waals surface area contributed by atoms with Gasteiger partial charge in [0.05, 0.1) is 10.6 Å². The number of hydrogen-bond donors (Lipinski definition) is 2. The van der Waals surface area contributed by atoms with E-state index < -0.39 is 15.9 Å². The van der Waals surface area contributed by atoms with Crippen LogP contribution in [0.2, 0.25) is 0 Å². The lowest BCUT2D eigenvalue weighted by Gasteiger charge is -2.07. The summed E-state index contributed by atoms with van der Waals surface area (Å²) in [5, 5.41) is 1.74. The lowest BCUT2D eigenvalue weighted by atomic mass is 10.2. The van der Waals surface area contributed by atoms with E-state index in [0.717, 1.165) is 0 Å². The molecule has 0 atom stereocenters. The van der Waals surface area contributed by atoms with Crippen molar-refractivity contribution >= 4 is 27.3 Å². The largest absolute Gasteiger partial charge is 0.276 e. The van der Waals surface area contributed by atoms with E-state index in [0.29, 0.717) is 10.4 Å². The summed E-state index contributed by atoms with van der Waals surface area (Å²) in [6.07, 6.45) is 0. The van der Waals surface area contributed by atoms with Crippen LogP contribution in [0.25, 0.3) is 0 Å².